The van der Waals surface area contributed by atoms with Crippen LogP contribution < -0.4 is 5.32 Å². The number of carbonyl (C=O) groups excluding carboxylic acids is 1. The van der Waals surface area contributed by atoms with Crippen molar-refractivity contribution in [2.75, 3.05) is 33.4 Å². The van der Waals surface area contributed by atoms with Gasteiger partial charge in [0.1, 0.15) is 0 Å². The molecule has 0 saturated carbocycles. The van der Waals surface area contributed by atoms with Crippen molar-refractivity contribution in [3.63, 3.8) is 0 Å². The van der Waals surface area contributed by atoms with E-state index in [1.807, 2.05) is 26.1 Å². The van der Waals surface area contributed by atoms with Crippen LogP contribution in [0.3, 0.4) is 0 Å². The molecule has 6 heteroatoms. The van der Waals surface area contributed by atoms with Crippen LogP contribution in [0.2, 0.25) is 0 Å². The van der Waals surface area contributed by atoms with Crippen LogP contribution in [0, 0.1) is 0 Å². The zero-order valence-electron chi connectivity index (χ0n) is 14.5. The molecule has 0 aromatic carbocycles. The number of amides is 2. The number of rotatable bonds is 5. The smallest absolute Gasteiger partial charge is 0.317 e. The maximum Gasteiger partial charge on any atom is 0.317 e. The first-order valence-electron chi connectivity index (χ1n) is 8.24. The zero-order valence-corrected chi connectivity index (χ0v) is 14.5. The van der Waals surface area contributed by atoms with E-state index in [0.29, 0.717) is 18.6 Å². The molecule has 0 bridgehead atoms. The van der Waals surface area contributed by atoms with E-state index in [1.165, 1.54) is 0 Å². The van der Waals surface area contributed by atoms with Gasteiger partial charge in [-0.3, -0.25) is 9.88 Å². The van der Waals surface area contributed by atoms with E-state index in [9.17, 15) is 4.79 Å². The number of ether oxygens (including phenoxy) is 1. The minimum Gasteiger partial charge on any atom is -0.379 e. The van der Waals surface area contributed by atoms with Crippen molar-refractivity contribution in [2.45, 2.75) is 38.9 Å². The van der Waals surface area contributed by atoms with Crippen molar-refractivity contribution >= 4 is 6.03 Å². The van der Waals surface area contributed by atoms with Gasteiger partial charge in [-0.25, -0.2) is 4.79 Å². The number of aromatic nitrogens is 1. The summed E-state index contributed by atoms with van der Waals surface area (Å²) in [6, 6.07) is 4.48. The third-order valence-electron chi connectivity index (χ3n) is 4.60. The van der Waals surface area contributed by atoms with Gasteiger partial charge in [0, 0.05) is 44.6 Å². The van der Waals surface area contributed by atoms with Crippen LogP contribution in [0.4, 0.5) is 4.79 Å². The minimum absolute atomic E-state index is 0.0127. The molecular formula is C17H28N4O2. The van der Waals surface area contributed by atoms with Gasteiger partial charge in [0.05, 0.1) is 19.3 Å². The molecule has 23 heavy (non-hydrogen) atoms. The predicted octanol–water partition coefficient (Wildman–Crippen LogP) is 1.89. The van der Waals surface area contributed by atoms with E-state index < -0.39 is 0 Å². The Balaban J connectivity index is 1.84. The summed E-state index contributed by atoms with van der Waals surface area (Å²) in [5.74, 6) is 0. The van der Waals surface area contributed by atoms with Crippen LogP contribution in [0.25, 0.3) is 0 Å². The highest BCUT2D eigenvalue weighted by molar-refractivity contribution is 5.74. The fourth-order valence-electron chi connectivity index (χ4n) is 2.89. The Bertz CT molecular complexity index is 497. The van der Waals surface area contributed by atoms with Crippen LogP contribution in [0.15, 0.2) is 24.5 Å². The molecule has 2 amide bonds. The van der Waals surface area contributed by atoms with Crippen molar-refractivity contribution in [3.05, 3.63) is 30.1 Å². The molecule has 0 aliphatic carbocycles. The predicted molar refractivity (Wildman–Crippen MR) is 90.3 cm³/mol. The van der Waals surface area contributed by atoms with Gasteiger partial charge in [-0.05, 0) is 32.4 Å². The van der Waals surface area contributed by atoms with Gasteiger partial charge in [0.15, 0.2) is 0 Å². The monoisotopic (exact) mass is 320 g/mol. The zero-order chi connectivity index (χ0) is 16.8. The van der Waals surface area contributed by atoms with Crippen LogP contribution in [-0.4, -0.2) is 66.2 Å². The third-order valence-corrected chi connectivity index (χ3v) is 4.60. The Hall–Kier alpha value is -1.66. The molecule has 1 aliphatic heterocycles. The Kier molecular flexibility index (Phi) is 6.36. The number of nitrogens with one attached hydrogen (secondary N) is 1. The maximum absolute atomic E-state index is 12.4. The summed E-state index contributed by atoms with van der Waals surface area (Å²) in [7, 11) is 1.81. The summed E-state index contributed by atoms with van der Waals surface area (Å²) in [6.07, 6.45) is 3.54. The van der Waals surface area contributed by atoms with Gasteiger partial charge >= 0.3 is 6.03 Å². The molecule has 1 N–H and O–H groups in total. The molecular weight excluding hydrogens is 292 g/mol. The summed E-state index contributed by atoms with van der Waals surface area (Å²) >= 11 is 0. The lowest BCUT2D eigenvalue weighted by Crippen LogP contribution is -2.53. The second-order valence-corrected chi connectivity index (χ2v) is 6.27. The van der Waals surface area contributed by atoms with Crippen molar-refractivity contribution in [3.8, 4) is 0 Å². The van der Waals surface area contributed by atoms with Crippen LogP contribution in [0.1, 0.15) is 32.4 Å². The van der Waals surface area contributed by atoms with E-state index in [1.54, 1.807) is 17.3 Å². The van der Waals surface area contributed by atoms with Gasteiger partial charge in [-0.2, -0.15) is 0 Å². The highest BCUT2D eigenvalue weighted by Gasteiger charge is 2.24. The van der Waals surface area contributed by atoms with Crippen molar-refractivity contribution in [1.29, 1.82) is 0 Å². The number of hydrogen-bond acceptors (Lipinski definition) is 4. The lowest BCUT2D eigenvalue weighted by Gasteiger charge is -2.38. The Morgan fingerprint density at radius 1 is 1.57 bits per heavy atom. The van der Waals surface area contributed by atoms with Gasteiger partial charge in [-0.1, -0.05) is 6.07 Å². The largest absolute Gasteiger partial charge is 0.379 e. The van der Waals surface area contributed by atoms with E-state index in [0.717, 1.165) is 25.3 Å². The van der Waals surface area contributed by atoms with Gasteiger partial charge in [0.2, 0.25) is 0 Å². The standard InChI is InChI=1S/C17H28N4O2/c1-13(21-8-9-23-12-14(21)2)10-19-17(22)20(4)15(3)16-6-5-7-18-11-16/h5-7,11,13-15H,8-10,12H2,1-4H3,(H,19,22)/t13-,14-,15+/m0/s1. The molecule has 0 spiro atoms. The maximum atomic E-state index is 12.4. The molecule has 1 aromatic rings. The average Bonchev–Trinajstić information content (AvgIpc) is 2.59. The molecule has 0 radical (unpaired) electrons. The summed E-state index contributed by atoms with van der Waals surface area (Å²) in [5, 5.41) is 3.03. The molecule has 3 atom stereocenters. The van der Waals surface area contributed by atoms with E-state index in [-0.39, 0.29) is 12.1 Å². The fourth-order valence-corrected chi connectivity index (χ4v) is 2.89. The summed E-state index contributed by atoms with van der Waals surface area (Å²) in [5.41, 5.74) is 1.03. The first kappa shape index (κ1) is 17.7. The first-order valence-corrected chi connectivity index (χ1v) is 8.24. The Morgan fingerprint density at radius 2 is 2.35 bits per heavy atom. The molecule has 1 aliphatic rings. The Labute approximate surface area is 138 Å². The number of pyridine rings is 1. The average molecular weight is 320 g/mol. The molecule has 2 heterocycles. The van der Waals surface area contributed by atoms with E-state index in [2.05, 4.69) is 29.0 Å². The van der Waals surface area contributed by atoms with Gasteiger partial charge in [-0.15, -0.1) is 0 Å². The molecule has 1 fully saturated rings. The van der Waals surface area contributed by atoms with Crippen LogP contribution >= 0.6 is 0 Å². The van der Waals surface area contributed by atoms with Crippen molar-refractivity contribution in [1.82, 2.24) is 20.1 Å². The molecule has 2 rings (SSSR count). The van der Waals surface area contributed by atoms with Gasteiger partial charge < -0.3 is 15.0 Å². The number of carbonyl (C=O) groups is 1. The second kappa shape index (κ2) is 8.26. The molecule has 1 aromatic heterocycles. The molecule has 6 nitrogen and oxygen atoms in total. The summed E-state index contributed by atoms with van der Waals surface area (Å²) in [4.78, 5) is 20.6. The van der Waals surface area contributed by atoms with Crippen molar-refractivity contribution < 1.29 is 9.53 Å². The highest BCUT2D eigenvalue weighted by atomic mass is 16.5. The first-order chi connectivity index (χ1) is 11.0. The van der Waals surface area contributed by atoms with E-state index in [4.69, 9.17) is 4.74 Å². The lowest BCUT2D eigenvalue weighted by molar-refractivity contribution is -0.0178. The Morgan fingerprint density at radius 3 is 3.00 bits per heavy atom. The van der Waals surface area contributed by atoms with E-state index >= 15 is 0 Å². The third kappa shape index (κ3) is 4.65. The molecule has 1 saturated heterocycles. The number of urea groups is 1. The highest BCUT2D eigenvalue weighted by Crippen LogP contribution is 2.17. The SMILES string of the molecule is C[C@H](c1cccnc1)N(C)C(=O)NC[C@H](C)N1CCOC[C@@H]1C. The quantitative estimate of drug-likeness (QED) is 0.900. The number of morpholine rings is 1. The lowest BCUT2D eigenvalue weighted by atomic mass is 10.1. The van der Waals surface area contributed by atoms with Crippen molar-refractivity contribution in [2.24, 2.45) is 0 Å². The summed E-state index contributed by atoms with van der Waals surface area (Å²) in [6.45, 7) is 9.38. The number of hydrogen-bond donors (Lipinski definition) is 1. The van der Waals surface area contributed by atoms with Crippen LogP contribution in [-0.2, 0) is 4.74 Å². The van der Waals surface area contributed by atoms with Crippen LogP contribution in [0.5, 0.6) is 0 Å². The van der Waals surface area contributed by atoms with Gasteiger partial charge in [0.25, 0.3) is 0 Å². The molecule has 0 unspecified atom stereocenters. The topological polar surface area (TPSA) is 57.7 Å². The second-order valence-electron chi connectivity index (χ2n) is 6.27. The fraction of sp³-hybridized carbons (Fsp3) is 0.647. The molecule has 128 valence electrons. The normalized spacial score (nSPS) is 21.5. The summed E-state index contributed by atoms with van der Waals surface area (Å²) < 4.78 is 5.46. The number of nitrogens with zero attached hydrogens (tertiary/aromatic N) is 3. The minimum atomic E-state index is -0.0610.